The molecule has 0 radical (unpaired) electrons. The highest BCUT2D eigenvalue weighted by atomic mass is 35.5. The maximum Gasteiger partial charge on any atom is 0.339 e. The Balaban J connectivity index is 2.99. The lowest BCUT2D eigenvalue weighted by Gasteiger charge is -2.16. The van der Waals surface area contributed by atoms with Crippen molar-refractivity contribution < 1.29 is 29.2 Å². The summed E-state index contributed by atoms with van der Waals surface area (Å²) in [5, 5.41) is 18.8. The predicted octanol–water partition coefficient (Wildman–Crippen LogP) is 1.43. The molecule has 0 aliphatic heterocycles. The van der Waals surface area contributed by atoms with E-state index in [0.29, 0.717) is 0 Å². The molecule has 106 valence electrons. The topological polar surface area (TPSA) is 85.2 Å². The molecule has 1 aromatic rings. The highest BCUT2D eigenvalue weighted by molar-refractivity contribution is 6.31. The summed E-state index contributed by atoms with van der Waals surface area (Å²) in [6.07, 6.45) is -0.868. The molecule has 7 heteroatoms. The van der Waals surface area contributed by atoms with Gasteiger partial charge in [-0.3, -0.25) is 0 Å². The van der Waals surface area contributed by atoms with Crippen molar-refractivity contribution in [2.24, 2.45) is 0 Å². The zero-order chi connectivity index (χ0) is 14.4. The SMILES string of the molecule is COCC(O)COc1c(OC)cc(Cl)cc1C(=O)O. The minimum Gasteiger partial charge on any atom is -0.493 e. The number of halogens is 1. The summed E-state index contributed by atoms with van der Waals surface area (Å²) in [5.41, 5.74) is -0.131. The van der Waals surface area contributed by atoms with Gasteiger partial charge < -0.3 is 24.4 Å². The molecule has 0 saturated heterocycles. The first-order chi connectivity index (χ1) is 8.99. The Labute approximate surface area is 115 Å². The van der Waals surface area contributed by atoms with E-state index in [1.54, 1.807) is 0 Å². The second kappa shape index (κ2) is 7.18. The highest BCUT2D eigenvalue weighted by Gasteiger charge is 2.19. The number of ether oxygens (including phenoxy) is 3. The first-order valence-electron chi connectivity index (χ1n) is 5.40. The Morgan fingerprint density at radius 2 is 2.05 bits per heavy atom. The monoisotopic (exact) mass is 290 g/mol. The van der Waals surface area contributed by atoms with E-state index in [1.807, 2.05) is 0 Å². The van der Waals surface area contributed by atoms with Crippen LogP contribution in [-0.4, -0.2) is 49.7 Å². The third kappa shape index (κ3) is 4.27. The summed E-state index contributed by atoms with van der Waals surface area (Å²) >= 11 is 5.79. The maximum atomic E-state index is 11.1. The van der Waals surface area contributed by atoms with Crippen LogP contribution in [0.3, 0.4) is 0 Å². The predicted molar refractivity (Wildman–Crippen MR) is 68.3 cm³/mol. The normalized spacial score (nSPS) is 12.0. The van der Waals surface area contributed by atoms with Crippen molar-refractivity contribution in [3.05, 3.63) is 22.7 Å². The van der Waals surface area contributed by atoms with Crippen LogP contribution in [-0.2, 0) is 4.74 Å². The Kier molecular flexibility index (Phi) is 5.88. The van der Waals surface area contributed by atoms with Crippen LogP contribution in [0.15, 0.2) is 12.1 Å². The van der Waals surface area contributed by atoms with E-state index in [0.717, 1.165) is 0 Å². The largest absolute Gasteiger partial charge is 0.493 e. The van der Waals surface area contributed by atoms with Crippen LogP contribution < -0.4 is 9.47 Å². The van der Waals surface area contributed by atoms with Gasteiger partial charge in [0.25, 0.3) is 0 Å². The lowest BCUT2D eigenvalue weighted by molar-refractivity contribution is 0.0312. The van der Waals surface area contributed by atoms with Crippen LogP contribution in [0.1, 0.15) is 10.4 Å². The minimum atomic E-state index is -1.20. The number of aliphatic hydroxyl groups is 1. The first kappa shape index (κ1) is 15.6. The molecule has 0 fully saturated rings. The smallest absolute Gasteiger partial charge is 0.339 e. The number of aromatic carboxylic acids is 1. The van der Waals surface area contributed by atoms with E-state index in [1.165, 1.54) is 26.4 Å². The fraction of sp³-hybridized carbons (Fsp3) is 0.417. The standard InChI is InChI=1S/C12H15ClO6/c1-17-5-8(14)6-19-11-9(12(15)16)3-7(13)4-10(11)18-2/h3-4,8,14H,5-6H2,1-2H3,(H,15,16). The lowest BCUT2D eigenvalue weighted by atomic mass is 10.2. The van der Waals surface area contributed by atoms with Crippen LogP contribution in [0.4, 0.5) is 0 Å². The molecular formula is C12H15ClO6. The van der Waals surface area contributed by atoms with Gasteiger partial charge >= 0.3 is 5.97 Å². The van der Waals surface area contributed by atoms with Gasteiger partial charge in [0.2, 0.25) is 0 Å². The summed E-state index contributed by atoms with van der Waals surface area (Å²) in [6, 6.07) is 2.69. The zero-order valence-electron chi connectivity index (χ0n) is 10.6. The van der Waals surface area contributed by atoms with E-state index in [2.05, 4.69) is 0 Å². The fourth-order valence-electron chi connectivity index (χ4n) is 1.45. The molecule has 0 aliphatic rings. The van der Waals surface area contributed by atoms with Crippen LogP contribution in [0.25, 0.3) is 0 Å². The number of hydrogen-bond acceptors (Lipinski definition) is 5. The average molecular weight is 291 g/mol. The van der Waals surface area contributed by atoms with Crippen molar-refractivity contribution in [3.63, 3.8) is 0 Å². The van der Waals surface area contributed by atoms with Gasteiger partial charge in [0.15, 0.2) is 11.5 Å². The van der Waals surface area contributed by atoms with E-state index < -0.39 is 12.1 Å². The quantitative estimate of drug-likeness (QED) is 0.790. The molecule has 1 aromatic carbocycles. The molecular weight excluding hydrogens is 276 g/mol. The molecule has 1 unspecified atom stereocenters. The molecule has 0 aliphatic carbocycles. The summed E-state index contributed by atoms with van der Waals surface area (Å²) in [7, 11) is 2.81. The number of benzene rings is 1. The lowest BCUT2D eigenvalue weighted by Crippen LogP contribution is -2.23. The molecule has 1 atom stereocenters. The van der Waals surface area contributed by atoms with E-state index >= 15 is 0 Å². The van der Waals surface area contributed by atoms with Crippen molar-refractivity contribution in [3.8, 4) is 11.5 Å². The van der Waals surface area contributed by atoms with Gasteiger partial charge in [0.05, 0.1) is 13.7 Å². The second-order valence-electron chi connectivity index (χ2n) is 3.71. The molecule has 2 N–H and O–H groups in total. The Morgan fingerprint density at radius 3 is 2.58 bits per heavy atom. The van der Waals surface area contributed by atoms with Crippen LogP contribution in [0.5, 0.6) is 11.5 Å². The third-order valence-corrected chi connectivity index (χ3v) is 2.47. The number of hydrogen-bond donors (Lipinski definition) is 2. The second-order valence-corrected chi connectivity index (χ2v) is 4.15. The van der Waals surface area contributed by atoms with Gasteiger partial charge in [-0.15, -0.1) is 0 Å². The maximum absolute atomic E-state index is 11.1. The average Bonchev–Trinajstić information content (AvgIpc) is 2.36. The highest BCUT2D eigenvalue weighted by Crippen LogP contribution is 2.34. The Bertz CT molecular complexity index is 448. The number of rotatable bonds is 7. The van der Waals surface area contributed by atoms with Crippen molar-refractivity contribution in [2.75, 3.05) is 27.4 Å². The fourth-order valence-corrected chi connectivity index (χ4v) is 1.66. The molecule has 0 amide bonds. The van der Waals surface area contributed by atoms with Gasteiger partial charge in [-0.25, -0.2) is 4.79 Å². The first-order valence-corrected chi connectivity index (χ1v) is 5.78. The summed E-state index contributed by atoms with van der Waals surface area (Å²) in [4.78, 5) is 11.1. The molecule has 6 nitrogen and oxygen atoms in total. The van der Waals surface area contributed by atoms with Crippen LogP contribution in [0, 0.1) is 0 Å². The minimum absolute atomic E-state index is 0.0227. The molecule has 0 spiro atoms. The van der Waals surface area contributed by atoms with Gasteiger partial charge in [0.1, 0.15) is 18.3 Å². The van der Waals surface area contributed by atoms with Gasteiger partial charge in [-0.1, -0.05) is 11.6 Å². The van der Waals surface area contributed by atoms with Gasteiger partial charge in [-0.05, 0) is 6.07 Å². The van der Waals surface area contributed by atoms with Crippen molar-refractivity contribution in [2.45, 2.75) is 6.10 Å². The summed E-state index contributed by atoms with van der Waals surface area (Å²) < 4.78 is 15.1. The van der Waals surface area contributed by atoms with E-state index in [-0.39, 0.29) is 35.3 Å². The van der Waals surface area contributed by atoms with E-state index in [9.17, 15) is 9.90 Å². The Hall–Kier alpha value is -1.50. The number of carbonyl (C=O) groups is 1. The summed E-state index contributed by atoms with van der Waals surface area (Å²) in [6.45, 7) is -0.0373. The van der Waals surface area contributed by atoms with Crippen LogP contribution >= 0.6 is 11.6 Å². The van der Waals surface area contributed by atoms with Crippen molar-refractivity contribution in [1.29, 1.82) is 0 Å². The molecule has 0 bridgehead atoms. The summed E-state index contributed by atoms with van der Waals surface area (Å²) in [5.74, 6) is -0.985. The molecule has 0 saturated carbocycles. The molecule has 1 rings (SSSR count). The molecule has 0 heterocycles. The van der Waals surface area contributed by atoms with Gasteiger partial charge in [0, 0.05) is 18.2 Å². The van der Waals surface area contributed by atoms with Crippen molar-refractivity contribution >= 4 is 17.6 Å². The Morgan fingerprint density at radius 1 is 1.37 bits per heavy atom. The van der Waals surface area contributed by atoms with Crippen molar-refractivity contribution in [1.82, 2.24) is 0 Å². The van der Waals surface area contributed by atoms with E-state index in [4.69, 9.17) is 30.9 Å². The number of methoxy groups -OCH3 is 2. The molecule has 19 heavy (non-hydrogen) atoms. The third-order valence-electron chi connectivity index (χ3n) is 2.25. The number of carboxylic acids is 1. The number of aliphatic hydroxyl groups excluding tert-OH is 1. The number of carboxylic acid groups (broad SMARTS) is 1. The molecule has 0 aromatic heterocycles. The van der Waals surface area contributed by atoms with Crippen LogP contribution in [0.2, 0.25) is 5.02 Å². The van der Waals surface area contributed by atoms with Gasteiger partial charge in [-0.2, -0.15) is 0 Å². The zero-order valence-corrected chi connectivity index (χ0v) is 11.3.